The zero-order valence-electron chi connectivity index (χ0n) is 20.0. The number of unbranched alkanes of at least 4 members (excludes halogenated alkanes) is 11. The molecule has 7 N–H and O–H groups in total. The van der Waals surface area contributed by atoms with Gasteiger partial charge in [-0.15, -0.1) is 0 Å². The van der Waals surface area contributed by atoms with Crippen LogP contribution in [0.15, 0.2) is 0 Å². The third-order valence-corrected chi connectivity index (χ3v) is 6.53. The molecule has 0 aromatic rings. The Labute approximate surface area is 202 Å². The van der Waals surface area contributed by atoms with Gasteiger partial charge in [0.2, 0.25) is 0 Å². The Hall–Kier alpha value is -1.15. The number of aliphatic hydroxyl groups is 5. The lowest BCUT2D eigenvalue weighted by molar-refractivity contribution is -0.137. The topological polar surface area (TPSA) is 210 Å². The first kappa shape index (κ1) is 35.0. The molecule has 0 radical (unpaired) electrons. The van der Waals surface area contributed by atoms with Crippen molar-refractivity contribution >= 4 is 22.4 Å². The Balaban J connectivity index is 0. The SMILES string of the molecule is CCCCCCCCCCCCCCC(C(=O)O)S(=O)(=O)O.O=C[C@H](O)[C@@H](O)[C@H](O)[C@H](O)CO. The minimum atomic E-state index is -4.48. The summed E-state index contributed by atoms with van der Waals surface area (Å²) < 4.78 is 30.6. The van der Waals surface area contributed by atoms with Gasteiger partial charge in [0.1, 0.15) is 24.4 Å². The molecule has 0 aliphatic heterocycles. The van der Waals surface area contributed by atoms with Crippen molar-refractivity contribution in [2.75, 3.05) is 6.61 Å². The number of aliphatic hydroxyl groups excluding tert-OH is 5. The van der Waals surface area contributed by atoms with Crippen LogP contribution in [-0.4, -0.2) is 92.1 Å². The molecule has 0 heterocycles. The van der Waals surface area contributed by atoms with Gasteiger partial charge in [0.15, 0.2) is 11.5 Å². The summed E-state index contributed by atoms with van der Waals surface area (Å²) >= 11 is 0. The summed E-state index contributed by atoms with van der Waals surface area (Å²) in [6.45, 7) is 1.46. The van der Waals surface area contributed by atoms with E-state index in [1.807, 2.05) is 0 Å². The Morgan fingerprint density at radius 3 is 1.53 bits per heavy atom. The largest absolute Gasteiger partial charge is 0.480 e. The van der Waals surface area contributed by atoms with Crippen molar-refractivity contribution in [1.29, 1.82) is 0 Å². The first-order valence-corrected chi connectivity index (χ1v) is 13.4. The smallest absolute Gasteiger partial charge is 0.324 e. The Morgan fingerprint density at radius 1 is 0.794 bits per heavy atom. The fraction of sp³-hybridized carbons (Fsp3) is 0.909. The molecule has 0 aromatic carbocycles. The minimum absolute atomic E-state index is 0.00834. The van der Waals surface area contributed by atoms with E-state index >= 15 is 0 Å². The lowest BCUT2D eigenvalue weighted by Crippen LogP contribution is -2.46. The molecule has 0 saturated heterocycles. The molecular formula is C22H44O11S. The van der Waals surface area contributed by atoms with Gasteiger partial charge in [-0.2, -0.15) is 8.42 Å². The number of carboxylic acid groups (broad SMARTS) is 1. The molecule has 1 unspecified atom stereocenters. The molecule has 0 amide bonds. The van der Waals surface area contributed by atoms with E-state index < -0.39 is 52.4 Å². The molecule has 0 spiro atoms. The molecule has 0 aromatic heterocycles. The van der Waals surface area contributed by atoms with Crippen molar-refractivity contribution < 1.29 is 53.2 Å². The Kier molecular flexibility index (Phi) is 21.8. The van der Waals surface area contributed by atoms with Gasteiger partial charge in [-0.1, -0.05) is 84.0 Å². The van der Waals surface area contributed by atoms with Crippen LogP contribution >= 0.6 is 0 Å². The highest BCUT2D eigenvalue weighted by molar-refractivity contribution is 7.87. The van der Waals surface area contributed by atoms with Crippen molar-refractivity contribution in [3.05, 3.63) is 0 Å². The summed E-state index contributed by atoms with van der Waals surface area (Å²) in [5.41, 5.74) is 0. The first-order valence-electron chi connectivity index (χ1n) is 11.9. The van der Waals surface area contributed by atoms with E-state index in [0.717, 1.165) is 19.3 Å². The van der Waals surface area contributed by atoms with E-state index in [0.29, 0.717) is 6.42 Å². The van der Waals surface area contributed by atoms with Crippen molar-refractivity contribution in [2.45, 2.75) is 120 Å². The number of aldehydes is 1. The Bertz CT molecular complexity index is 612. The average Bonchev–Trinajstić information content (AvgIpc) is 2.79. The van der Waals surface area contributed by atoms with Crippen molar-refractivity contribution in [2.24, 2.45) is 0 Å². The van der Waals surface area contributed by atoms with Gasteiger partial charge < -0.3 is 35.4 Å². The van der Waals surface area contributed by atoms with E-state index in [1.165, 1.54) is 51.4 Å². The van der Waals surface area contributed by atoms with Gasteiger partial charge in [-0.05, 0) is 6.42 Å². The van der Waals surface area contributed by atoms with Gasteiger partial charge in [0.05, 0.1) is 6.61 Å². The third kappa shape index (κ3) is 18.2. The molecule has 204 valence electrons. The maximum Gasteiger partial charge on any atom is 0.324 e. The number of aliphatic carboxylic acids is 1. The average molecular weight is 517 g/mol. The van der Waals surface area contributed by atoms with Gasteiger partial charge in [-0.25, -0.2) is 0 Å². The normalized spacial score (nSPS) is 16.0. The number of rotatable bonds is 20. The second-order valence-electron chi connectivity index (χ2n) is 8.38. The van der Waals surface area contributed by atoms with Crippen LogP contribution in [0.25, 0.3) is 0 Å². The molecule has 11 nitrogen and oxygen atoms in total. The molecule has 0 aliphatic rings. The monoisotopic (exact) mass is 516 g/mol. The predicted octanol–water partition coefficient (Wildman–Crippen LogP) is 1.04. The standard InChI is InChI=1S/C16H32O5S.C6H12O6/c1-2-3-4-5-6-7-8-9-10-11-12-13-14-15(16(17)18)22(19,20)21;7-1-3(9)5(11)6(12)4(10)2-8/h15H,2-14H2,1H3,(H,17,18)(H,19,20,21);1,3-6,8-12H,2H2/t;3-,4+,5+,6+/m.0/s1. The van der Waals surface area contributed by atoms with Crippen LogP contribution in [0.2, 0.25) is 0 Å². The van der Waals surface area contributed by atoms with Gasteiger partial charge in [0.25, 0.3) is 10.1 Å². The summed E-state index contributed by atoms with van der Waals surface area (Å²) in [6, 6.07) is 0. The van der Waals surface area contributed by atoms with Crippen LogP contribution in [0.3, 0.4) is 0 Å². The number of hydrogen-bond donors (Lipinski definition) is 7. The van der Waals surface area contributed by atoms with Crippen molar-refractivity contribution in [3.63, 3.8) is 0 Å². The fourth-order valence-corrected chi connectivity index (χ4v) is 3.91. The van der Waals surface area contributed by atoms with Crippen LogP contribution < -0.4 is 0 Å². The summed E-state index contributed by atoms with van der Waals surface area (Å²) in [7, 11) is -4.48. The quantitative estimate of drug-likeness (QED) is 0.0690. The maximum absolute atomic E-state index is 10.9. The van der Waals surface area contributed by atoms with E-state index in [9.17, 15) is 18.0 Å². The van der Waals surface area contributed by atoms with Crippen LogP contribution in [-0.2, 0) is 19.7 Å². The molecule has 34 heavy (non-hydrogen) atoms. The summed E-state index contributed by atoms with van der Waals surface area (Å²) in [5, 5.41) is 50.6. The third-order valence-electron chi connectivity index (χ3n) is 5.38. The van der Waals surface area contributed by atoms with E-state index in [2.05, 4.69) is 6.92 Å². The molecule has 0 bridgehead atoms. The van der Waals surface area contributed by atoms with Crippen LogP contribution in [0, 0.1) is 0 Å². The van der Waals surface area contributed by atoms with E-state index in [1.54, 1.807) is 0 Å². The zero-order valence-corrected chi connectivity index (χ0v) is 20.9. The predicted molar refractivity (Wildman–Crippen MR) is 126 cm³/mol. The highest BCUT2D eigenvalue weighted by atomic mass is 32.2. The summed E-state index contributed by atoms with van der Waals surface area (Å²) in [4.78, 5) is 20.6. The number of hydrogen-bond acceptors (Lipinski definition) is 9. The molecule has 0 saturated carbocycles. The van der Waals surface area contributed by atoms with Crippen molar-refractivity contribution in [3.8, 4) is 0 Å². The van der Waals surface area contributed by atoms with Crippen LogP contribution in [0.1, 0.15) is 90.4 Å². The molecule has 0 fully saturated rings. The molecule has 5 atom stereocenters. The molecule has 0 aliphatic carbocycles. The lowest BCUT2D eigenvalue weighted by atomic mass is 10.0. The second-order valence-corrected chi connectivity index (χ2v) is 9.98. The summed E-state index contributed by atoms with van der Waals surface area (Å²) in [6.07, 6.45) is 6.91. The van der Waals surface area contributed by atoms with Gasteiger partial charge in [-0.3, -0.25) is 9.35 Å². The highest BCUT2D eigenvalue weighted by Crippen LogP contribution is 2.15. The van der Waals surface area contributed by atoms with Gasteiger partial charge in [0, 0.05) is 0 Å². The summed E-state index contributed by atoms with van der Waals surface area (Å²) in [5.74, 6) is -1.47. The minimum Gasteiger partial charge on any atom is -0.480 e. The second kappa shape index (κ2) is 21.2. The van der Waals surface area contributed by atoms with Crippen molar-refractivity contribution in [1.82, 2.24) is 0 Å². The molecule has 0 rings (SSSR count). The van der Waals surface area contributed by atoms with Crippen LogP contribution in [0.5, 0.6) is 0 Å². The maximum atomic E-state index is 10.9. The first-order chi connectivity index (χ1) is 15.9. The van der Waals surface area contributed by atoms with E-state index in [4.69, 9.17) is 35.2 Å². The van der Waals surface area contributed by atoms with Gasteiger partial charge >= 0.3 is 5.97 Å². The van der Waals surface area contributed by atoms with E-state index in [-0.39, 0.29) is 12.7 Å². The molecular weight excluding hydrogens is 472 g/mol. The highest BCUT2D eigenvalue weighted by Gasteiger charge is 2.30. The van der Waals surface area contributed by atoms with Crippen LogP contribution in [0.4, 0.5) is 0 Å². The lowest BCUT2D eigenvalue weighted by Gasteiger charge is -2.22. The molecule has 12 heteroatoms. The number of carboxylic acids is 1. The fourth-order valence-electron chi connectivity index (χ4n) is 3.19. The number of carbonyl (C=O) groups is 2. The zero-order chi connectivity index (χ0) is 26.6. The number of carbonyl (C=O) groups excluding carboxylic acids is 1. The Morgan fingerprint density at radius 2 is 1.21 bits per heavy atom.